The molecule has 2 heterocycles. The molecule has 26 heavy (non-hydrogen) atoms. The van der Waals surface area contributed by atoms with Crippen molar-refractivity contribution in [1.82, 2.24) is 15.0 Å². The average molecular weight is 356 g/mol. The molecule has 3 aromatic rings. The van der Waals surface area contributed by atoms with Crippen LogP contribution in [0.5, 0.6) is 5.88 Å². The summed E-state index contributed by atoms with van der Waals surface area (Å²) in [4.78, 5) is 24.5. The summed E-state index contributed by atoms with van der Waals surface area (Å²) in [5, 5.41) is 2.32. The third-order valence-corrected chi connectivity index (χ3v) is 3.54. The molecular formula is C18H14F2N4O2. The van der Waals surface area contributed by atoms with Gasteiger partial charge in [0, 0.05) is 6.20 Å². The lowest BCUT2D eigenvalue weighted by atomic mass is 10.1. The number of nitrogens with zero attached hydrogens (tertiary/aromatic N) is 3. The summed E-state index contributed by atoms with van der Waals surface area (Å²) in [5.41, 5.74) is 1.35. The van der Waals surface area contributed by atoms with Crippen molar-refractivity contribution in [1.29, 1.82) is 0 Å². The molecule has 3 rings (SSSR count). The summed E-state index contributed by atoms with van der Waals surface area (Å²) in [7, 11) is 1.49. The zero-order chi connectivity index (χ0) is 18.7. The summed E-state index contributed by atoms with van der Waals surface area (Å²) >= 11 is 0. The van der Waals surface area contributed by atoms with Gasteiger partial charge in [-0.15, -0.1) is 0 Å². The van der Waals surface area contributed by atoms with Gasteiger partial charge in [-0.3, -0.25) is 9.78 Å². The fourth-order valence-electron chi connectivity index (χ4n) is 2.33. The number of aromatic nitrogens is 3. The van der Waals surface area contributed by atoms with Crippen LogP contribution in [0.2, 0.25) is 0 Å². The number of carbonyl (C=O) groups is 1. The first kappa shape index (κ1) is 17.4. The summed E-state index contributed by atoms with van der Waals surface area (Å²) in [5.74, 6) is -2.42. The lowest BCUT2D eigenvalue weighted by Gasteiger charge is -2.09. The van der Waals surface area contributed by atoms with Crippen LogP contribution in [0, 0.1) is 18.6 Å². The van der Waals surface area contributed by atoms with Crippen molar-refractivity contribution in [2.24, 2.45) is 0 Å². The molecule has 1 amide bonds. The van der Waals surface area contributed by atoms with E-state index in [2.05, 4.69) is 20.3 Å². The molecule has 0 aliphatic heterocycles. The van der Waals surface area contributed by atoms with Gasteiger partial charge in [-0.05, 0) is 30.7 Å². The predicted molar refractivity (Wildman–Crippen MR) is 90.9 cm³/mol. The molecule has 1 aromatic carbocycles. The molecule has 0 aliphatic carbocycles. The molecule has 0 atom stereocenters. The fraction of sp³-hybridized carbons (Fsp3) is 0.111. The fourth-order valence-corrected chi connectivity index (χ4v) is 2.33. The zero-order valence-electron chi connectivity index (χ0n) is 14.0. The van der Waals surface area contributed by atoms with Crippen LogP contribution >= 0.6 is 0 Å². The topological polar surface area (TPSA) is 77.0 Å². The predicted octanol–water partition coefficient (Wildman–Crippen LogP) is 3.39. The monoisotopic (exact) mass is 356 g/mol. The van der Waals surface area contributed by atoms with Crippen molar-refractivity contribution >= 4 is 11.7 Å². The smallest absolute Gasteiger partial charge is 0.262 e. The Kier molecular flexibility index (Phi) is 4.83. The van der Waals surface area contributed by atoms with E-state index in [-0.39, 0.29) is 5.82 Å². The molecule has 0 saturated heterocycles. The Morgan fingerprint density at radius 2 is 1.81 bits per heavy atom. The van der Waals surface area contributed by atoms with Crippen LogP contribution in [0.4, 0.5) is 14.6 Å². The Bertz CT molecular complexity index is 942. The van der Waals surface area contributed by atoms with Crippen LogP contribution in [0.3, 0.4) is 0 Å². The highest BCUT2D eigenvalue weighted by atomic mass is 19.1. The zero-order valence-corrected chi connectivity index (χ0v) is 14.0. The number of amides is 1. The highest BCUT2D eigenvalue weighted by Gasteiger charge is 2.18. The number of benzene rings is 1. The quantitative estimate of drug-likeness (QED) is 0.775. The van der Waals surface area contributed by atoms with E-state index in [0.29, 0.717) is 17.1 Å². The van der Waals surface area contributed by atoms with Crippen molar-refractivity contribution in [3.05, 3.63) is 65.6 Å². The van der Waals surface area contributed by atoms with Gasteiger partial charge >= 0.3 is 0 Å². The molecule has 2 aromatic heterocycles. The molecule has 132 valence electrons. The molecule has 6 nitrogen and oxygen atoms in total. The molecule has 1 N–H and O–H groups in total. The molecular weight excluding hydrogens is 342 g/mol. The minimum absolute atomic E-state index is 0.0565. The van der Waals surface area contributed by atoms with Crippen molar-refractivity contribution in [3.63, 3.8) is 0 Å². The van der Waals surface area contributed by atoms with E-state index in [9.17, 15) is 13.6 Å². The summed E-state index contributed by atoms with van der Waals surface area (Å²) in [6, 6.07) is 5.02. The number of hydrogen-bond acceptors (Lipinski definition) is 5. The van der Waals surface area contributed by atoms with Gasteiger partial charge in [0.25, 0.3) is 5.91 Å². The Balaban J connectivity index is 1.85. The third-order valence-electron chi connectivity index (χ3n) is 3.54. The summed E-state index contributed by atoms with van der Waals surface area (Å²) in [6.45, 7) is 1.88. The second-order valence-electron chi connectivity index (χ2n) is 5.41. The van der Waals surface area contributed by atoms with Crippen molar-refractivity contribution in [3.8, 4) is 17.1 Å². The van der Waals surface area contributed by atoms with Gasteiger partial charge in [0.1, 0.15) is 17.2 Å². The molecule has 0 fully saturated rings. The SMILES string of the molecule is COc1ncc(C)cc1-c1cnc(NC(=O)c2c(F)cccc2F)cn1. The van der Waals surface area contributed by atoms with Crippen molar-refractivity contribution in [2.45, 2.75) is 6.92 Å². The Morgan fingerprint density at radius 3 is 2.42 bits per heavy atom. The Morgan fingerprint density at radius 1 is 1.08 bits per heavy atom. The van der Waals surface area contributed by atoms with E-state index < -0.39 is 23.1 Å². The van der Waals surface area contributed by atoms with Crippen molar-refractivity contribution < 1.29 is 18.3 Å². The third kappa shape index (κ3) is 3.49. The largest absolute Gasteiger partial charge is 0.481 e. The maximum absolute atomic E-state index is 13.7. The standard InChI is InChI=1S/C18H14F2N4O2/c1-10-6-11(18(26-2)23-7-10)14-8-22-15(9-21-14)24-17(25)16-12(19)4-3-5-13(16)20/h3-9H,1-2H3,(H,22,24,25). The molecule has 0 saturated carbocycles. The van der Waals surface area contributed by atoms with Gasteiger partial charge in [0.15, 0.2) is 5.82 Å². The van der Waals surface area contributed by atoms with Gasteiger partial charge in [0.05, 0.1) is 30.8 Å². The number of hydrogen-bond donors (Lipinski definition) is 1. The van der Waals surface area contributed by atoms with Gasteiger partial charge in [0.2, 0.25) is 5.88 Å². The number of anilines is 1. The van der Waals surface area contributed by atoms with E-state index in [4.69, 9.17) is 4.74 Å². The minimum Gasteiger partial charge on any atom is -0.481 e. The van der Waals surface area contributed by atoms with E-state index in [0.717, 1.165) is 17.7 Å². The van der Waals surface area contributed by atoms with Crippen LogP contribution in [0.25, 0.3) is 11.3 Å². The number of nitrogens with one attached hydrogen (secondary N) is 1. The number of ether oxygens (including phenoxy) is 1. The van der Waals surface area contributed by atoms with E-state index in [1.54, 1.807) is 6.20 Å². The number of carbonyl (C=O) groups excluding carboxylic acids is 1. The molecule has 8 heteroatoms. The summed E-state index contributed by atoms with van der Waals surface area (Å²) in [6.07, 6.45) is 4.35. The number of methoxy groups -OCH3 is 1. The maximum Gasteiger partial charge on any atom is 0.262 e. The summed E-state index contributed by atoms with van der Waals surface area (Å²) < 4.78 is 32.5. The van der Waals surface area contributed by atoms with Crippen LogP contribution in [-0.4, -0.2) is 28.0 Å². The second-order valence-corrected chi connectivity index (χ2v) is 5.41. The van der Waals surface area contributed by atoms with Gasteiger partial charge < -0.3 is 10.1 Å². The molecule has 0 unspecified atom stereocenters. The minimum atomic E-state index is -0.956. The lowest BCUT2D eigenvalue weighted by molar-refractivity contribution is 0.101. The average Bonchev–Trinajstić information content (AvgIpc) is 2.62. The van der Waals surface area contributed by atoms with Gasteiger partial charge in [-0.1, -0.05) is 6.07 Å². The first-order valence-corrected chi connectivity index (χ1v) is 7.58. The highest BCUT2D eigenvalue weighted by molar-refractivity contribution is 6.04. The highest BCUT2D eigenvalue weighted by Crippen LogP contribution is 2.27. The van der Waals surface area contributed by atoms with Crippen LogP contribution in [0.15, 0.2) is 42.9 Å². The van der Waals surface area contributed by atoms with Crippen molar-refractivity contribution in [2.75, 3.05) is 12.4 Å². The number of rotatable bonds is 4. The molecule has 0 aliphatic rings. The molecule has 0 spiro atoms. The van der Waals surface area contributed by atoms with Crippen LogP contribution < -0.4 is 10.1 Å². The van der Waals surface area contributed by atoms with E-state index in [1.807, 2.05) is 13.0 Å². The normalized spacial score (nSPS) is 10.5. The molecule has 0 radical (unpaired) electrons. The Hall–Kier alpha value is -3.42. The van der Waals surface area contributed by atoms with E-state index >= 15 is 0 Å². The van der Waals surface area contributed by atoms with Gasteiger partial charge in [-0.25, -0.2) is 18.7 Å². The first-order valence-electron chi connectivity index (χ1n) is 7.58. The maximum atomic E-state index is 13.7. The van der Waals surface area contributed by atoms with E-state index in [1.165, 1.54) is 25.6 Å². The number of aryl methyl sites for hydroxylation is 1. The van der Waals surface area contributed by atoms with Crippen LogP contribution in [0.1, 0.15) is 15.9 Å². The number of pyridine rings is 1. The van der Waals surface area contributed by atoms with Crippen LogP contribution in [-0.2, 0) is 0 Å². The first-order chi connectivity index (χ1) is 12.5. The lowest BCUT2D eigenvalue weighted by Crippen LogP contribution is -2.16. The molecule has 0 bridgehead atoms. The Labute approximate surface area is 147 Å². The second kappa shape index (κ2) is 7.22. The number of halogens is 2. The van der Waals surface area contributed by atoms with Gasteiger partial charge in [-0.2, -0.15) is 0 Å².